The largest absolute Gasteiger partial charge is 0.317 e. The van der Waals surface area contributed by atoms with Crippen molar-refractivity contribution in [3.8, 4) is 22.3 Å². The molecular formula is C62H63N3. The Hall–Kier alpha value is -7.75. The lowest BCUT2D eigenvalue weighted by molar-refractivity contribution is 1.19. The summed E-state index contributed by atoms with van der Waals surface area (Å²) in [5.41, 5.74) is 16.3. The summed E-state index contributed by atoms with van der Waals surface area (Å²) in [6, 6.07) is 65.5. The van der Waals surface area contributed by atoms with E-state index in [1.165, 1.54) is 55.5 Å². The van der Waals surface area contributed by atoms with Crippen molar-refractivity contribution >= 4 is 29.3 Å². The van der Waals surface area contributed by atoms with Gasteiger partial charge in [-0.25, -0.2) is 0 Å². The maximum atomic E-state index is 7.62. The second-order valence-electron chi connectivity index (χ2n) is 15.6. The molecule has 2 N–H and O–H groups in total. The molecule has 7 aromatic carbocycles. The molecule has 0 atom stereocenters. The first-order valence-electron chi connectivity index (χ1n) is 21.9. The standard InChI is InChI=1S/C26H22.C16H19N.C12H11N.C7H8.CH3N/c1-20-7-13-24(14-8-20)26-17-11-22(12-18-26)19-21-9-15-25(16-10-21)23-5-3-2-4-6-23;1-5-6-7-10-15(13(2)3)12-16-14(4)9-8-11-17-16;1-9(13)11-8-4-6-10-5-2-3-7-12(10)11;1-7-5-3-2-4-6-7;1-2/h2-18H,19H2,1H3;5-12H,2H2,1,3-4H3;2-8,13H,1H3;2-6H,1H3;2H,1H2/b;6-5-,10-7-,15-12-;;;. The molecule has 1 heterocycles. The van der Waals surface area contributed by atoms with E-state index in [-0.39, 0.29) is 0 Å². The molecule has 0 unspecified atom stereocenters. The summed E-state index contributed by atoms with van der Waals surface area (Å²) < 4.78 is 0. The molecule has 0 radical (unpaired) electrons. The van der Waals surface area contributed by atoms with Gasteiger partial charge in [-0.15, -0.1) is 0 Å². The van der Waals surface area contributed by atoms with Crippen LogP contribution >= 0.6 is 0 Å². The molecule has 0 saturated heterocycles. The normalized spacial score (nSPS) is 10.6. The fourth-order valence-electron chi connectivity index (χ4n) is 6.71. The van der Waals surface area contributed by atoms with E-state index in [4.69, 9.17) is 10.8 Å². The zero-order chi connectivity index (χ0) is 46.8. The first-order chi connectivity index (χ1) is 31.6. The third-order valence-electron chi connectivity index (χ3n) is 10.4. The summed E-state index contributed by atoms with van der Waals surface area (Å²) in [6.07, 6.45) is 12.9. The summed E-state index contributed by atoms with van der Waals surface area (Å²) in [4.78, 5) is 4.36. The van der Waals surface area contributed by atoms with Crippen molar-refractivity contribution in [2.24, 2.45) is 0 Å². The Kier molecular flexibility index (Phi) is 21.0. The van der Waals surface area contributed by atoms with E-state index in [0.717, 1.165) is 34.2 Å². The lowest BCUT2D eigenvalue weighted by atomic mass is 9.98. The second-order valence-corrected chi connectivity index (χ2v) is 15.6. The van der Waals surface area contributed by atoms with Gasteiger partial charge < -0.3 is 10.8 Å². The van der Waals surface area contributed by atoms with Crippen molar-refractivity contribution in [3.63, 3.8) is 0 Å². The number of rotatable bonds is 9. The van der Waals surface area contributed by atoms with Crippen LogP contribution in [0.25, 0.3) is 39.1 Å². The summed E-state index contributed by atoms with van der Waals surface area (Å²) >= 11 is 0. The molecule has 1 aromatic heterocycles. The van der Waals surface area contributed by atoms with Crippen molar-refractivity contribution in [1.29, 1.82) is 10.8 Å². The quantitative estimate of drug-likeness (QED) is 0.110. The maximum Gasteiger partial charge on any atom is 0.0664 e. The van der Waals surface area contributed by atoms with Crippen LogP contribution in [-0.4, -0.2) is 17.4 Å². The zero-order valence-corrected chi connectivity index (χ0v) is 38.9. The third-order valence-corrected chi connectivity index (χ3v) is 10.4. The molecule has 0 amide bonds. The van der Waals surface area contributed by atoms with Gasteiger partial charge in [-0.1, -0.05) is 230 Å². The Morgan fingerprint density at radius 1 is 0.538 bits per heavy atom. The highest BCUT2D eigenvalue weighted by molar-refractivity contribution is 6.08. The fraction of sp³-hybridized carbons (Fsp3) is 0.113. The molecule has 0 spiro atoms. The Morgan fingerprint density at radius 2 is 1.03 bits per heavy atom. The van der Waals surface area contributed by atoms with Gasteiger partial charge in [0.15, 0.2) is 0 Å². The molecule has 8 aromatic rings. The summed E-state index contributed by atoms with van der Waals surface area (Å²) in [7, 11) is 0. The predicted molar refractivity (Wildman–Crippen MR) is 284 cm³/mol. The average Bonchev–Trinajstić information content (AvgIpc) is 3.34. The molecule has 3 nitrogen and oxygen atoms in total. The van der Waals surface area contributed by atoms with Crippen LogP contribution in [0.1, 0.15) is 59.8 Å². The second kappa shape index (κ2) is 27.3. The van der Waals surface area contributed by atoms with Crippen LogP contribution in [0.2, 0.25) is 0 Å². The lowest BCUT2D eigenvalue weighted by Crippen LogP contribution is -1.92. The number of aryl methyl sites for hydroxylation is 3. The molecule has 8 rings (SSSR count). The van der Waals surface area contributed by atoms with Crippen molar-refractivity contribution in [2.45, 2.75) is 48.0 Å². The highest BCUT2D eigenvalue weighted by Crippen LogP contribution is 2.24. The number of hydrogen-bond donors (Lipinski definition) is 2. The van der Waals surface area contributed by atoms with Crippen molar-refractivity contribution in [3.05, 3.63) is 275 Å². The number of nitrogens with zero attached hydrogens (tertiary/aromatic N) is 1. The number of pyridine rings is 1. The highest BCUT2D eigenvalue weighted by atomic mass is 14.7. The van der Waals surface area contributed by atoms with Gasteiger partial charge in [0.2, 0.25) is 0 Å². The Labute approximate surface area is 389 Å². The van der Waals surface area contributed by atoms with Gasteiger partial charge in [-0.05, 0) is 122 Å². The fourth-order valence-corrected chi connectivity index (χ4v) is 6.71. The SMILES string of the molecule is C=C(C)C(/C=C\C=C/C)=C\c1ncccc1C.C=N.CC(=N)c1cccc2ccccc12.Cc1ccc(-c2ccc(Cc3ccc(-c4ccccc4)cc3)cc2)cc1.Cc1ccccc1. The third kappa shape index (κ3) is 16.8. The number of fused-ring (bicyclic) bond motifs is 1. The van der Waals surface area contributed by atoms with Gasteiger partial charge in [0.1, 0.15) is 0 Å². The predicted octanol–water partition coefficient (Wildman–Crippen LogP) is 16.9. The topological polar surface area (TPSA) is 60.6 Å². The van der Waals surface area contributed by atoms with Gasteiger partial charge in [-0.3, -0.25) is 4.98 Å². The Balaban J connectivity index is 0.000000204. The number of allylic oxidation sites excluding steroid dienone is 6. The smallest absolute Gasteiger partial charge is 0.0664 e. The minimum atomic E-state index is 0.622. The van der Waals surface area contributed by atoms with Gasteiger partial charge in [-0.2, -0.15) is 0 Å². The van der Waals surface area contributed by atoms with E-state index in [1.54, 1.807) is 0 Å². The van der Waals surface area contributed by atoms with E-state index >= 15 is 0 Å². The Bertz CT molecular complexity index is 2750. The molecule has 0 bridgehead atoms. The van der Waals surface area contributed by atoms with E-state index in [1.807, 2.05) is 93.7 Å². The molecule has 3 heteroatoms. The first kappa shape index (κ1) is 49.9. The molecule has 326 valence electrons. The number of hydrogen-bond acceptors (Lipinski definition) is 3. The highest BCUT2D eigenvalue weighted by Gasteiger charge is 2.03. The van der Waals surface area contributed by atoms with E-state index in [0.29, 0.717) is 5.71 Å². The van der Waals surface area contributed by atoms with Crippen LogP contribution in [0.5, 0.6) is 0 Å². The monoisotopic (exact) mass is 850 g/mol. The molecule has 0 fully saturated rings. The van der Waals surface area contributed by atoms with Crippen LogP contribution in [0, 0.1) is 31.6 Å². The van der Waals surface area contributed by atoms with Gasteiger partial charge in [0.05, 0.1) is 5.69 Å². The van der Waals surface area contributed by atoms with Crippen molar-refractivity contribution < 1.29 is 0 Å². The molecular weight excluding hydrogens is 787 g/mol. The molecule has 0 aliphatic rings. The lowest BCUT2D eigenvalue weighted by Gasteiger charge is -2.07. The maximum absolute atomic E-state index is 7.62. The number of aromatic nitrogens is 1. The number of benzene rings is 7. The summed E-state index contributed by atoms with van der Waals surface area (Å²) in [5.74, 6) is 0. The Morgan fingerprint density at radius 3 is 1.54 bits per heavy atom. The van der Waals surface area contributed by atoms with E-state index < -0.39 is 0 Å². The molecule has 0 aliphatic carbocycles. The van der Waals surface area contributed by atoms with Crippen LogP contribution in [0.3, 0.4) is 0 Å². The zero-order valence-electron chi connectivity index (χ0n) is 38.9. The molecule has 65 heavy (non-hydrogen) atoms. The van der Waals surface area contributed by atoms with E-state index in [2.05, 4.69) is 191 Å². The molecule has 0 aliphatic heterocycles. The van der Waals surface area contributed by atoms with Gasteiger partial charge in [0.25, 0.3) is 0 Å². The number of nitrogens with one attached hydrogen (secondary N) is 2. The van der Waals surface area contributed by atoms with Gasteiger partial charge in [0, 0.05) is 17.5 Å². The van der Waals surface area contributed by atoms with Crippen molar-refractivity contribution in [2.75, 3.05) is 0 Å². The van der Waals surface area contributed by atoms with Crippen molar-refractivity contribution in [1.82, 2.24) is 4.98 Å². The minimum absolute atomic E-state index is 0.622. The van der Waals surface area contributed by atoms with Crippen LogP contribution in [0.15, 0.2) is 236 Å². The average molecular weight is 850 g/mol. The van der Waals surface area contributed by atoms with Crippen LogP contribution in [0.4, 0.5) is 0 Å². The summed E-state index contributed by atoms with van der Waals surface area (Å²) in [5, 5.41) is 15.5. The first-order valence-corrected chi connectivity index (χ1v) is 21.9. The van der Waals surface area contributed by atoms with Gasteiger partial charge >= 0.3 is 0 Å². The summed E-state index contributed by atoms with van der Waals surface area (Å²) in [6.45, 7) is 18.6. The molecule has 0 saturated carbocycles. The van der Waals surface area contributed by atoms with Crippen LogP contribution < -0.4 is 0 Å². The minimum Gasteiger partial charge on any atom is -0.317 e. The van der Waals surface area contributed by atoms with E-state index in [9.17, 15) is 0 Å². The van der Waals surface area contributed by atoms with Crippen LogP contribution in [-0.2, 0) is 6.42 Å².